The normalized spacial score (nSPS) is 16.2. The SMILES string of the molecule is O=C(O)[C@@H]1CC(=O)N(c2ccc(Oc3ccccc3-c3ccccc3)cc2)C1. The van der Waals surface area contributed by atoms with Crippen LogP contribution in [0.3, 0.4) is 0 Å². The number of nitrogens with zero attached hydrogens (tertiary/aromatic N) is 1. The number of hydrogen-bond donors (Lipinski definition) is 1. The van der Waals surface area contributed by atoms with Gasteiger partial charge in [0.25, 0.3) is 0 Å². The molecule has 5 heteroatoms. The van der Waals surface area contributed by atoms with Crippen LogP contribution in [0, 0.1) is 5.92 Å². The molecule has 4 rings (SSSR count). The molecular weight excluding hydrogens is 354 g/mol. The molecule has 1 fully saturated rings. The molecular formula is C23H19NO4. The van der Waals surface area contributed by atoms with Crippen molar-refractivity contribution in [1.29, 1.82) is 0 Å². The standard InChI is InChI=1S/C23H19NO4/c25-22-14-17(23(26)27)15-24(22)18-10-12-19(13-11-18)28-21-9-5-4-8-20(21)16-6-2-1-3-7-16/h1-13,17H,14-15H2,(H,26,27)/t17-/m1/s1. The number of benzene rings is 3. The van der Waals surface area contributed by atoms with Crippen molar-refractivity contribution in [2.45, 2.75) is 6.42 Å². The summed E-state index contributed by atoms with van der Waals surface area (Å²) < 4.78 is 6.07. The third-order valence-corrected chi connectivity index (χ3v) is 4.82. The number of ether oxygens (including phenoxy) is 1. The Kier molecular flexibility index (Phi) is 4.81. The van der Waals surface area contributed by atoms with Gasteiger partial charge in [0, 0.05) is 24.2 Å². The fraction of sp³-hybridized carbons (Fsp3) is 0.130. The van der Waals surface area contributed by atoms with Gasteiger partial charge >= 0.3 is 5.97 Å². The van der Waals surface area contributed by atoms with Crippen molar-refractivity contribution >= 4 is 17.6 Å². The van der Waals surface area contributed by atoms with Crippen LogP contribution < -0.4 is 9.64 Å². The first kappa shape index (κ1) is 17.8. The molecule has 1 saturated heterocycles. The number of para-hydroxylation sites is 1. The predicted molar refractivity (Wildman–Crippen MR) is 106 cm³/mol. The third kappa shape index (κ3) is 3.60. The number of carbonyl (C=O) groups is 2. The van der Waals surface area contributed by atoms with Gasteiger partial charge in [-0.2, -0.15) is 0 Å². The van der Waals surface area contributed by atoms with Gasteiger partial charge in [-0.05, 0) is 35.9 Å². The number of hydrogen-bond acceptors (Lipinski definition) is 3. The number of anilines is 1. The second kappa shape index (κ2) is 7.56. The van der Waals surface area contributed by atoms with Crippen LogP contribution in [-0.2, 0) is 9.59 Å². The van der Waals surface area contributed by atoms with Gasteiger partial charge in [0.15, 0.2) is 0 Å². The molecule has 0 aromatic heterocycles. The van der Waals surface area contributed by atoms with Crippen LogP contribution in [0.15, 0.2) is 78.9 Å². The Balaban J connectivity index is 1.54. The number of carboxylic acid groups (broad SMARTS) is 1. The van der Waals surface area contributed by atoms with E-state index >= 15 is 0 Å². The Morgan fingerprint density at radius 1 is 0.929 bits per heavy atom. The predicted octanol–water partition coefficient (Wildman–Crippen LogP) is 4.58. The van der Waals surface area contributed by atoms with Gasteiger partial charge < -0.3 is 14.7 Å². The highest BCUT2D eigenvalue weighted by atomic mass is 16.5. The minimum absolute atomic E-state index is 0.0397. The molecule has 1 atom stereocenters. The van der Waals surface area contributed by atoms with E-state index in [2.05, 4.69) is 0 Å². The molecule has 1 aliphatic heterocycles. The molecule has 3 aromatic rings. The first-order chi connectivity index (χ1) is 13.6. The second-order valence-electron chi connectivity index (χ2n) is 6.70. The van der Waals surface area contributed by atoms with Gasteiger partial charge in [-0.15, -0.1) is 0 Å². The summed E-state index contributed by atoms with van der Waals surface area (Å²) in [4.78, 5) is 24.7. The average molecular weight is 373 g/mol. The summed E-state index contributed by atoms with van der Waals surface area (Å²) in [7, 11) is 0. The molecule has 28 heavy (non-hydrogen) atoms. The van der Waals surface area contributed by atoms with Crippen LogP contribution in [0.25, 0.3) is 11.1 Å². The van der Waals surface area contributed by atoms with E-state index in [1.807, 2.05) is 54.6 Å². The average Bonchev–Trinajstić information content (AvgIpc) is 3.12. The van der Waals surface area contributed by atoms with Crippen LogP contribution in [0.5, 0.6) is 11.5 Å². The van der Waals surface area contributed by atoms with Crippen molar-refractivity contribution < 1.29 is 19.4 Å². The van der Waals surface area contributed by atoms with E-state index in [0.717, 1.165) is 16.9 Å². The molecule has 0 radical (unpaired) electrons. The molecule has 0 aliphatic carbocycles. The Hall–Kier alpha value is -3.60. The maximum absolute atomic E-state index is 12.1. The molecule has 0 unspecified atom stereocenters. The van der Waals surface area contributed by atoms with Gasteiger partial charge in [0.2, 0.25) is 5.91 Å². The number of rotatable bonds is 5. The smallest absolute Gasteiger partial charge is 0.308 e. The van der Waals surface area contributed by atoms with Gasteiger partial charge in [0.05, 0.1) is 5.92 Å². The van der Waals surface area contributed by atoms with Crippen molar-refractivity contribution in [3.05, 3.63) is 78.9 Å². The monoisotopic (exact) mass is 373 g/mol. The molecule has 140 valence electrons. The fourth-order valence-electron chi connectivity index (χ4n) is 3.36. The van der Waals surface area contributed by atoms with Crippen molar-refractivity contribution in [3.8, 4) is 22.6 Å². The lowest BCUT2D eigenvalue weighted by Crippen LogP contribution is -2.25. The van der Waals surface area contributed by atoms with Crippen LogP contribution in [0.1, 0.15) is 6.42 Å². The molecule has 5 nitrogen and oxygen atoms in total. The number of aliphatic carboxylic acids is 1. The molecule has 0 saturated carbocycles. The van der Waals surface area contributed by atoms with Crippen LogP contribution >= 0.6 is 0 Å². The zero-order chi connectivity index (χ0) is 19.5. The highest BCUT2D eigenvalue weighted by Crippen LogP contribution is 2.34. The highest BCUT2D eigenvalue weighted by molar-refractivity contribution is 5.99. The van der Waals surface area contributed by atoms with Crippen molar-refractivity contribution in [2.24, 2.45) is 5.92 Å². The van der Waals surface area contributed by atoms with E-state index in [9.17, 15) is 9.59 Å². The van der Waals surface area contributed by atoms with Gasteiger partial charge in [-0.1, -0.05) is 48.5 Å². The lowest BCUT2D eigenvalue weighted by Gasteiger charge is -2.17. The van der Waals surface area contributed by atoms with Gasteiger partial charge in [0.1, 0.15) is 11.5 Å². The van der Waals surface area contributed by atoms with Gasteiger partial charge in [-0.25, -0.2) is 0 Å². The maximum Gasteiger partial charge on any atom is 0.308 e. The lowest BCUT2D eigenvalue weighted by molar-refractivity contribution is -0.141. The van der Waals surface area contributed by atoms with Crippen LogP contribution in [0.4, 0.5) is 5.69 Å². The lowest BCUT2D eigenvalue weighted by atomic mass is 10.0. The van der Waals surface area contributed by atoms with E-state index in [-0.39, 0.29) is 18.9 Å². The minimum Gasteiger partial charge on any atom is -0.481 e. The molecule has 0 spiro atoms. The molecule has 1 heterocycles. The molecule has 1 amide bonds. The Morgan fingerprint density at radius 3 is 2.29 bits per heavy atom. The maximum atomic E-state index is 12.1. The molecule has 3 aromatic carbocycles. The van der Waals surface area contributed by atoms with Crippen LogP contribution in [-0.4, -0.2) is 23.5 Å². The second-order valence-corrected chi connectivity index (χ2v) is 6.70. The number of carbonyl (C=O) groups excluding carboxylic acids is 1. The van der Waals surface area contributed by atoms with E-state index in [0.29, 0.717) is 11.4 Å². The van der Waals surface area contributed by atoms with E-state index in [4.69, 9.17) is 9.84 Å². The third-order valence-electron chi connectivity index (χ3n) is 4.82. The van der Waals surface area contributed by atoms with E-state index < -0.39 is 11.9 Å². The first-order valence-electron chi connectivity index (χ1n) is 9.07. The first-order valence-corrected chi connectivity index (χ1v) is 9.07. The zero-order valence-electron chi connectivity index (χ0n) is 15.1. The summed E-state index contributed by atoms with van der Waals surface area (Å²) in [6, 6.07) is 25.0. The van der Waals surface area contributed by atoms with Crippen LogP contribution in [0.2, 0.25) is 0 Å². The van der Waals surface area contributed by atoms with Crippen molar-refractivity contribution in [2.75, 3.05) is 11.4 Å². The van der Waals surface area contributed by atoms with Crippen molar-refractivity contribution in [3.63, 3.8) is 0 Å². The summed E-state index contributed by atoms with van der Waals surface area (Å²) in [5.41, 5.74) is 2.74. The Labute approximate surface area is 162 Å². The largest absolute Gasteiger partial charge is 0.481 e. The summed E-state index contributed by atoms with van der Waals surface area (Å²) in [5, 5.41) is 9.12. The summed E-state index contributed by atoms with van der Waals surface area (Å²) in [6.45, 7) is 0.200. The summed E-state index contributed by atoms with van der Waals surface area (Å²) >= 11 is 0. The van der Waals surface area contributed by atoms with Gasteiger partial charge in [-0.3, -0.25) is 9.59 Å². The van der Waals surface area contributed by atoms with Crippen molar-refractivity contribution in [1.82, 2.24) is 0 Å². The van der Waals surface area contributed by atoms with E-state index in [1.165, 1.54) is 4.90 Å². The summed E-state index contributed by atoms with van der Waals surface area (Å²) in [6.07, 6.45) is 0.0397. The quantitative estimate of drug-likeness (QED) is 0.711. The fourth-order valence-corrected chi connectivity index (χ4v) is 3.36. The molecule has 0 bridgehead atoms. The Morgan fingerprint density at radius 2 is 1.61 bits per heavy atom. The molecule has 1 N–H and O–H groups in total. The topological polar surface area (TPSA) is 66.8 Å². The number of carboxylic acids is 1. The van der Waals surface area contributed by atoms with E-state index in [1.54, 1.807) is 24.3 Å². The molecule has 1 aliphatic rings. The minimum atomic E-state index is -0.937. The zero-order valence-corrected chi connectivity index (χ0v) is 15.1. The highest BCUT2D eigenvalue weighted by Gasteiger charge is 2.34. The summed E-state index contributed by atoms with van der Waals surface area (Å²) in [5.74, 6) is -0.372. The number of amides is 1. The Bertz CT molecular complexity index is 999.